The molecule has 25 heavy (non-hydrogen) atoms. The molecule has 4 heteroatoms. The van der Waals surface area contributed by atoms with E-state index in [1.807, 2.05) is 0 Å². The van der Waals surface area contributed by atoms with Gasteiger partial charge in [-0.1, -0.05) is 70.4 Å². The maximum absolute atomic E-state index is 11.4. The fourth-order valence-corrected chi connectivity index (χ4v) is 2.65. The Morgan fingerprint density at radius 2 is 1.40 bits per heavy atom. The van der Waals surface area contributed by atoms with E-state index in [9.17, 15) is 4.79 Å². The second kappa shape index (κ2) is 19.5. The van der Waals surface area contributed by atoms with E-state index in [1.54, 1.807) is 0 Å². The minimum atomic E-state index is -0.960. The van der Waals surface area contributed by atoms with Crippen LogP contribution in [0.3, 0.4) is 0 Å². The molecule has 0 rings (SSSR count). The third-order valence-corrected chi connectivity index (χ3v) is 4.29. The Bertz CT molecular complexity index is 315. The molecule has 0 aliphatic rings. The zero-order chi connectivity index (χ0) is 18.6. The second-order valence-electron chi connectivity index (χ2n) is 6.85. The van der Waals surface area contributed by atoms with Crippen molar-refractivity contribution in [3.05, 3.63) is 12.2 Å². The second-order valence-corrected chi connectivity index (χ2v) is 6.85. The lowest BCUT2D eigenvalue weighted by Gasteiger charge is -2.08. The number of carbonyl (C=O) groups is 1. The van der Waals surface area contributed by atoms with Gasteiger partial charge >= 0.3 is 5.97 Å². The van der Waals surface area contributed by atoms with Gasteiger partial charge in [-0.25, -0.2) is 0 Å². The molecule has 0 saturated heterocycles. The highest BCUT2D eigenvalue weighted by Gasteiger charge is 2.07. The van der Waals surface area contributed by atoms with Crippen LogP contribution in [0.1, 0.15) is 96.8 Å². The van der Waals surface area contributed by atoms with Crippen molar-refractivity contribution in [2.75, 3.05) is 13.2 Å². The van der Waals surface area contributed by atoms with E-state index in [1.165, 1.54) is 57.8 Å². The highest BCUT2D eigenvalue weighted by molar-refractivity contribution is 5.69. The Morgan fingerprint density at radius 1 is 0.880 bits per heavy atom. The first kappa shape index (κ1) is 24.1. The predicted octanol–water partition coefficient (Wildman–Crippen LogP) is 4.92. The average Bonchev–Trinajstić information content (AvgIpc) is 2.62. The van der Waals surface area contributed by atoms with Crippen molar-refractivity contribution in [3.8, 4) is 0 Å². The van der Waals surface area contributed by atoms with Crippen LogP contribution < -0.4 is 0 Å². The lowest BCUT2D eigenvalue weighted by molar-refractivity contribution is -0.147. The first-order valence-corrected chi connectivity index (χ1v) is 10.3. The maximum atomic E-state index is 11.4. The Morgan fingerprint density at radius 3 is 1.96 bits per heavy atom. The highest BCUT2D eigenvalue weighted by Crippen LogP contribution is 2.10. The zero-order valence-electron chi connectivity index (χ0n) is 16.3. The number of allylic oxidation sites excluding steroid dienone is 2. The smallest absolute Gasteiger partial charge is 0.305 e. The third kappa shape index (κ3) is 19.3. The van der Waals surface area contributed by atoms with Gasteiger partial charge in [0.15, 0.2) is 0 Å². The summed E-state index contributed by atoms with van der Waals surface area (Å²) in [7, 11) is 0. The van der Waals surface area contributed by atoms with E-state index >= 15 is 0 Å². The molecule has 0 aromatic rings. The summed E-state index contributed by atoms with van der Waals surface area (Å²) in [6.45, 7) is 1.77. The molecule has 2 N–H and O–H groups in total. The molecule has 0 amide bonds. The third-order valence-electron chi connectivity index (χ3n) is 4.29. The van der Waals surface area contributed by atoms with Crippen LogP contribution in [0.25, 0.3) is 0 Å². The largest absolute Gasteiger partial charge is 0.463 e. The molecule has 0 aromatic carbocycles. The quantitative estimate of drug-likeness (QED) is 0.207. The number of hydrogen-bond acceptors (Lipinski definition) is 4. The Hall–Kier alpha value is -0.870. The number of rotatable bonds is 18. The number of hydrogen-bond donors (Lipinski definition) is 2. The number of unbranched alkanes of at least 4 members (excludes halogenated alkanes) is 11. The van der Waals surface area contributed by atoms with Gasteiger partial charge in [0.2, 0.25) is 0 Å². The zero-order valence-corrected chi connectivity index (χ0v) is 16.3. The summed E-state index contributed by atoms with van der Waals surface area (Å²) in [5.74, 6) is -0.287. The number of aliphatic hydroxyl groups excluding tert-OH is 2. The van der Waals surface area contributed by atoms with Crippen molar-refractivity contribution >= 4 is 5.97 Å². The van der Waals surface area contributed by atoms with Gasteiger partial charge in [-0.2, -0.15) is 0 Å². The van der Waals surface area contributed by atoms with Gasteiger partial charge in [0, 0.05) is 6.42 Å². The standard InChI is InChI=1S/C21H40O4/c1-2-3-4-5-6-7-8-9-10-11-12-13-14-15-16-17-21(24)25-19-20(23)18-22/h9-10,20,22-23H,2-8,11-19H2,1H3/b10-9-/i21+2. The SMILES string of the molecule is CCCCCCCC/C=C\CCCCCCC[14C](=O)OCC(O)CO. The van der Waals surface area contributed by atoms with E-state index in [-0.39, 0.29) is 19.2 Å². The molecule has 0 aromatic heterocycles. The van der Waals surface area contributed by atoms with E-state index in [4.69, 9.17) is 14.9 Å². The molecule has 148 valence electrons. The van der Waals surface area contributed by atoms with Crippen molar-refractivity contribution in [3.63, 3.8) is 0 Å². The normalized spacial score (nSPS) is 12.6. The minimum absolute atomic E-state index is 0.111. The van der Waals surface area contributed by atoms with Crippen molar-refractivity contribution < 1.29 is 19.7 Å². The van der Waals surface area contributed by atoms with Crippen LogP contribution in [-0.4, -0.2) is 35.5 Å². The summed E-state index contributed by atoms with van der Waals surface area (Å²) < 4.78 is 4.86. The molecule has 0 radical (unpaired) electrons. The summed E-state index contributed by atoms with van der Waals surface area (Å²) in [5.41, 5.74) is 0. The molecular weight excluding hydrogens is 318 g/mol. The molecule has 0 aliphatic heterocycles. The fourth-order valence-electron chi connectivity index (χ4n) is 2.65. The van der Waals surface area contributed by atoms with Crippen molar-refractivity contribution in [2.45, 2.75) is 103 Å². The van der Waals surface area contributed by atoms with E-state index in [0.29, 0.717) is 6.42 Å². The van der Waals surface area contributed by atoms with E-state index < -0.39 is 6.10 Å². The number of ether oxygens (including phenoxy) is 1. The van der Waals surface area contributed by atoms with Crippen LogP contribution in [0.4, 0.5) is 0 Å². The average molecular weight is 359 g/mol. The van der Waals surface area contributed by atoms with Crippen LogP contribution in [-0.2, 0) is 9.53 Å². The van der Waals surface area contributed by atoms with Crippen LogP contribution in [0.5, 0.6) is 0 Å². The minimum Gasteiger partial charge on any atom is -0.463 e. The molecule has 1 unspecified atom stereocenters. The van der Waals surface area contributed by atoms with Crippen LogP contribution in [0.2, 0.25) is 0 Å². The van der Waals surface area contributed by atoms with Gasteiger partial charge in [0.05, 0.1) is 6.61 Å². The predicted molar refractivity (Wildman–Crippen MR) is 104 cm³/mol. The van der Waals surface area contributed by atoms with Gasteiger partial charge in [-0.3, -0.25) is 4.79 Å². The van der Waals surface area contributed by atoms with E-state index in [2.05, 4.69) is 19.1 Å². The Balaban J connectivity index is 3.22. The van der Waals surface area contributed by atoms with Crippen molar-refractivity contribution in [1.82, 2.24) is 0 Å². The fraction of sp³-hybridized carbons (Fsp3) is 0.857. The first-order valence-electron chi connectivity index (χ1n) is 10.3. The molecule has 0 fully saturated rings. The van der Waals surface area contributed by atoms with Crippen molar-refractivity contribution in [2.24, 2.45) is 0 Å². The summed E-state index contributed by atoms with van der Waals surface area (Å²) in [4.78, 5) is 11.4. The monoisotopic (exact) mass is 358 g/mol. The van der Waals surface area contributed by atoms with Crippen LogP contribution >= 0.6 is 0 Å². The summed E-state index contributed by atoms with van der Waals surface area (Å²) >= 11 is 0. The lowest BCUT2D eigenvalue weighted by Crippen LogP contribution is -2.21. The number of esters is 1. The van der Waals surface area contributed by atoms with Gasteiger partial charge in [0.1, 0.15) is 12.7 Å². The number of carbonyl (C=O) groups excluding carboxylic acids is 1. The maximum Gasteiger partial charge on any atom is 0.305 e. The molecule has 0 heterocycles. The summed E-state index contributed by atoms with van der Waals surface area (Å²) in [6.07, 6.45) is 20.1. The van der Waals surface area contributed by atoms with Gasteiger partial charge < -0.3 is 14.9 Å². The molecule has 4 nitrogen and oxygen atoms in total. The summed E-state index contributed by atoms with van der Waals surface area (Å²) in [5, 5.41) is 17.7. The molecular formula is C21H40O4. The van der Waals surface area contributed by atoms with Gasteiger partial charge in [0.25, 0.3) is 0 Å². The topological polar surface area (TPSA) is 66.8 Å². The molecule has 0 bridgehead atoms. The molecule has 0 aliphatic carbocycles. The highest BCUT2D eigenvalue weighted by atomic mass is 16.8. The molecule has 0 spiro atoms. The lowest BCUT2D eigenvalue weighted by atomic mass is 10.1. The Labute approximate surface area is 154 Å². The number of aliphatic hydroxyl groups is 2. The summed E-state index contributed by atoms with van der Waals surface area (Å²) in [6, 6.07) is 0. The van der Waals surface area contributed by atoms with Crippen LogP contribution in [0.15, 0.2) is 12.2 Å². The van der Waals surface area contributed by atoms with Crippen molar-refractivity contribution in [1.29, 1.82) is 0 Å². The first-order chi connectivity index (χ1) is 12.2. The molecule has 0 saturated carbocycles. The molecule has 1 atom stereocenters. The van der Waals surface area contributed by atoms with Crippen LogP contribution in [0, 0.1) is 0 Å². The van der Waals surface area contributed by atoms with Gasteiger partial charge in [-0.15, -0.1) is 0 Å². The Kier molecular flexibility index (Phi) is 18.8. The van der Waals surface area contributed by atoms with E-state index in [0.717, 1.165) is 25.7 Å². The van der Waals surface area contributed by atoms with Gasteiger partial charge in [-0.05, 0) is 32.1 Å².